The van der Waals surface area contributed by atoms with Gasteiger partial charge in [0.1, 0.15) is 17.3 Å². The van der Waals surface area contributed by atoms with Crippen molar-refractivity contribution in [1.29, 1.82) is 0 Å². The van der Waals surface area contributed by atoms with Crippen LogP contribution in [0.15, 0.2) is 58.0 Å². The molecule has 0 aliphatic heterocycles. The summed E-state index contributed by atoms with van der Waals surface area (Å²) >= 11 is 3.34. The summed E-state index contributed by atoms with van der Waals surface area (Å²) in [5.41, 5.74) is 5.71. The molecule has 0 amide bonds. The van der Waals surface area contributed by atoms with E-state index >= 15 is 0 Å². The number of aromatic nitrogens is 2. The maximum Gasteiger partial charge on any atom is 0.142 e. The fraction of sp³-hybridized carbons (Fsp3) is 0.0909. The number of aliphatic imine (C=N–C) groups is 1. The Kier molecular flexibility index (Phi) is 4.65. The number of fused-ring (bicyclic) bond motifs is 1. The van der Waals surface area contributed by atoms with E-state index in [-0.39, 0.29) is 11.5 Å². The molecule has 0 fully saturated rings. The first-order valence-corrected chi connectivity index (χ1v) is 9.53. The zero-order valence-corrected chi connectivity index (χ0v) is 16.9. The Morgan fingerprint density at radius 1 is 1.00 bits per heavy atom. The molecule has 1 heterocycles. The van der Waals surface area contributed by atoms with Gasteiger partial charge in [-0.3, -0.25) is 4.99 Å². The number of hydrogen-bond acceptors (Lipinski definition) is 4. The maximum atomic E-state index is 10.3. The fourth-order valence-corrected chi connectivity index (χ4v) is 3.64. The summed E-state index contributed by atoms with van der Waals surface area (Å²) in [4.78, 5) is 12.3. The molecule has 0 aliphatic carbocycles. The number of aromatic hydroxyl groups is 2. The van der Waals surface area contributed by atoms with Crippen LogP contribution in [0.4, 0.5) is 5.69 Å². The molecule has 0 radical (unpaired) electrons. The summed E-state index contributed by atoms with van der Waals surface area (Å²) in [6, 6.07) is 14.7. The Labute approximate surface area is 170 Å². The lowest BCUT2D eigenvalue weighted by atomic mass is 10.1. The Hall–Kier alpha value is -3.12. The highest BCUT2D eigenvalue weighted by Gasteiger charge is 2.11. The molecule has 0 unspecified atom stereocenters. The van der Waals surface area contributed by atoms with Crippen LogP contribution in [0.1, 0.15) is 16.7 Å². The van der Waals surface area contributed by atoms with Gasteiger partial charge in [-0.05, 0) is 83.4 Å². The van der Waals surface area contributed by atoms with E-state index in [9.17, 15) is 10.2 Å². The van der Waals surface area contributed by atoms with E-state index in [0.717, 1.165) is 22.2 Å². The van der Waals surface area contributed by atoms with Crippen molar-refractivity contribution in [3.8, 4) is 22.9 Å². The van der Waals surface area contributed by atoms with Crippen molar-refractivity contribution >= 4 is 38.9 Å². The monoisotopic (exact) mass is 435 g/mol. The van der Waals surface area contributed by atoms with Gasteiger partial charge in [0.05, 0.1) is 26.8 Å². The molecule has 0 bridgehead atoms. The molecule has 1 aromatic heterocycles. The Bertz CT molecular complexity index is 1230. The third-order valence-corrected chi connectivity index (χ3v) is 5.07. The molecule has 28 heavy (non-hydrogen) atoms. The van der Waals surface area contributed by atoms with Crippen molar-refractivity contribution in [2.24, 2.45) is 4.99 Å². The first-order chi connectivity index (χ1) is 13.4. The van der Waals surface area contributed by atoms with E-state index in [1.165, 1.54) is 0 Å². The highest BCUT2D eigenvalue weighted by molar-refractivity contribution is 9.10. The lowest BCUT2D eigenvalue weighted by molar-refractivity contribution is 0.471. The number of aryl methyl sites for hydroxylation is 2. The number of phenols is 2. The van der Waals surface area contributed by atoms with Crippen LogP contribution in [0.25, 0.3) is 22.4 Å². The van der Waals surface area contributed by atoms with Crippen LogP contribution in [-0.4, -0.2) is 26.4 Å². The summed E-state index contributed by atoms with van der Waals surface area (Å²) in [5.74, 6) is 0.841. The first kappa shape index (κ1) is 18.3. The largest absolute Gasteiger partial charge is 0.507 e. The van der Waals surface area contributed by atoms with Crippen LogP contribution in [0, 0.1) is 13.8 Å². The van der Waals surface area contributed by atoms with Crippen LogP contribution >= 0.6 is 15.9 Å². The maximum absolute atomic E-state index is 10.3. The molecule has 0 saturated heterocycles. The first-order valence-electron chi connectivity index (χ1n) is 8.73. The van der Waals surface area contributed by atoms with Crippen LogP contribution in [0.2, 0.25) is 0 Å². The minimum Gasteiger partial charge on any atom is -0.507 e. The van der Waals surface area contributed by atoms with Gasteiger partial charge in [0.25, 0.3) is 0 Å². The molecule has 0 saturated carbocycles. The van der Waals surface area contributed by atoms with Gasteiger partial charge in [-0.2, -0.15) is 0 Å². The molecule has 4 aromatic rings. The van der Waals surface area contributed by atoms with E-state index in [2.05, 4.69) is 30.9 Å². The minimum atomic E-state index is 0.121. The van der Waals surface area contributed by atoms with Gasteiger partial charge in [-0.1, -0.05) is 6.07 Å². The Morgan fingerprint density at radius 2 is 1.82 bits per heavy atom. The van der Waals surface area contributed by atoms with Crippen molar-refractivity contribution in [1.82, 2.24) is 9.97 Å². The van der Waals surface area contributed by atoms with Gasteiger partial charge in [-0.15, -0.1) is 0 Å². The lowest BCUT2D eigenvalue weighted by Gasteiger charge is -2.05. The number of nitrogens with one attached hydrogen (secondary N) is 1. The lowest BCUT2D eigenvalue weighted by Crippen LogP contribution is -1.86. The molecular weight excluding hydrogens is 418 g/mol. The smallest absolute Gasteiger partial charge is 0.142 e. The second-order valence-corrected chi connectivity index (χ2v) is 7.60. The summed E-state index contributed by atoms with van der Waals surface area (Å²) in [7, 11) is 0. The molecule has 0 atom stereocenters. The molecule has 4 rings (SSSR count). The number of rotatable bonds is 3. The van der Waals surface area contributed by atoms with Gasteiger partial charge in [0, 0.05) is 11.8 Å². The molecule has 0 aliphatic rings. The number of benzene rings is 3. The van der Waals surface area contributed by atoms with Crippen molar-refractivity contribution in [3.63, 3.8) is 0 Å². The molecule has 5 nitrogen and oxygen atoms in total. The molecule has 3 aromatic carbocycles. The van der Waals surface area contributed by atoms with Crippen LogP contribution in [0.3, 0.4) is 0 Å². The second-order valence-electron chi connectivity index (χ2n) is 6.75. The standard InChI is InChI=1S/C22H18BrN3O2/c1-12-3-5-18-19(9-12)26-22(25-18)16-10-15(4-6-20(16)27)24-11-14-7-13(2)8-17(23)21(14)28/h3-11,27-28H,1-2H3,(H,25,26). The second kappa shape index (κ2) is 7.13. The molecule has 0 spiro atoms. The SMILES string of the molecule is Cc1cc(Br)c(O)c(C=Nc2ccc(O)c(-c3nc4ccc(C)cc4[nH]3)c2)c1. The quantitative estimate of drug-likeness (QED) is 0.357. The van der Waals surface area contributed by atoms with Crippen molar-refractivity contribution in [2.45, 2.75) is 13.8 Å². The zero-order chi connectivity index (χ0) is 19.8. The highest BCUT2D eigenvalue weighted by atomic mass is 79.9. The summed E-state index contributed by atoms with van der Waals surface area (Å²) in [6.07, 6.45) is 1.60. The zero-order valence-electron chi connectivity index (χ0n) is 15.4. The molecule has 6 heteroatoms. The number of imidazole rings is 1. The number of phenolic OH excluding ortho intramolecular Hbond substituents is 2. The number of halogens is 1. The van der Waals surface area contributed by atoms with E-state index in [1.807, 2.05) is 44.2 Å². The van der Waals surface area contributed by atoms with Gasteiger partial charge in [-0.25, -0.2) is 4.98 Å². The van der Waals surface area contributed by atoms with Gasteiger partial charge in [0.15, 0.2) is 0 Å². The van der Waals surface area contributed by atoms with Crippen molar-refractivity contribution < 1.29 is 10.2 Å². The number of hydrogen-bond donors (Lipinski definition) is 3. The minimum absolute atomic E-state index is 0.121. The fourth-order valence-electron chi connectivity index (χ4n) is 3.05. The van der Waals surface area contributed by atoms with Crippen LogP contribution in [0.5, 0.6) is 11.5 Å². The Balaban J connectivity index is 1.73. The average Bonchev–Trinajstić information content (AvgIpc) is 3.07. The van der Waals surface area contributed by atoms with Gasteiger partial charge < -0.3 is 15.2 Å². The van der Waals surface area contributed by atoms with E-state index < -0.39 is 0 Å². The molecule has 3 N–H and O–H groups in total. The molecular formula is C22H18BrN3O2. The Morgan fingerprint density at radius 3 is 2.64 bits per heavy atom. The molecule has 140 valence electrons. The summed E-state index contributed by atoms with van der Waals surface area (Å²) in [5, 5.41) is 20.5. The van der Waals surface area contributed by atoms with E-state index in [0.29, 0.717) is 27.1 Å². The number of H-pyrrole nitrogens is 1. The van der Waals surface area contributed by atoms with Gasteiger partial charge >= 0.3 is 0 Å². The third kappa shape index (κ3) is 3.51. The number of aromatic amines is 1. The summed E-state index contributed by atoms with van der Waals surface area (Å²) in [6.45, 7) is 3.97. The summed E-state index contributed by atoms with van der Waals surface area (Å²) < 4.78 is 0.623. The third-order valence-electron chi connectivity index (χ3n) is 4.46. The topological polar surface area (TPSA) is 81.5 Å². The van der Waals surface area contributed by atoms with E-state index in [1.54, 1.807) is 24.4 Å². The van der Waals surface area contributed by atoms with Crippen LogP contribution < -0.4 is 0 Å². The van der Waals surface area contributed by atoms with Crippen molar-refractivity contribution in [3.05, 3.63) is 69.7 Å². The van der Waals surface area contributed by atoms with Gasteiger partial charge in [0.2, 0.25) is 0 Å². The highest BCUT2D eigenvalue weighted by Crippen LogP contribution is 2.33. The van der Waals surface area contributed by atoms with E-state index in [4.69, 9.17) is 0 Å². The predicted molar refractivity (Wildman–Crippen MR) is 116 cm³/mol. The van der Waals surface area contributed by atoms with Crippen molar-refractivity contribution in [2.75, 3.05) is 0 Å². The normalized spacial score (nSPS) is 11.5. The van der Waals surface area contributed by atoms with Crippen LogP contribution in [-0.2, 0) is 0 Å². The average molecular weight is 436 g/mol. The number of nitrogens with zero attached hydrogens (tertiary/aromatic N) is 2. The predicted octanol–water partition coefficient (Wildman–Crippen LogP) is 5.77.